The number of nitrogens with one attached hydrogen (secondary N) is 1. The van der Waals surface area contributed by atoms with Gasteiger partial charge in [0, 0.05) is 31.9 Å². The van der Waals surface area contributed by atoms with Crippen molar-refractivity contribution < 1.29 is 4.79 Å². The molecular weight excluding hydrogens is 252 g/mol. The number of nitriles is 1. The van der Waals surface area contributed by atoms with Crippen LogP contribution in [0, 0.1) is 11.3 Å². The van der Waals surface area contributed by atoms with Crippen molar-refractivity contribution in [1.82, 2.24) is 15.1 Å². The molecule has 0 saturated carbocycles. The molecule has 102 valence electrons. The Morgan fingerprint density at radius 1 is 1.40 bits per heavy atom. The van der Waals surface area contributed by atoms with E-state index in [0.29, 0.717) is 18.5 Å². The largest absolute Gasteiger partial charge is 0.354 e. The molecule has 1 N–H and O–H groups in total. The Bertz CT molecular complexity index is 612. The van der Waals surface area contributed by atoms with E-state index in [2.05, 4.69) is 10.4 Å². The third-order valence-electron chi connectivity index (χ3n) is 3.13. The first-order valence-corrected chi connectivity index (χ1v) is 6.41. The highest BCUT2D eigenvalue weighted by Crippen LogP contribution is 2.14. The van der Waals surface area contributed by atoms with Crippen LogP contribution >= 0.6 is 0 Å². The predicted molar refractivity (Wildman–Crippen MR) is 74.7 cm³/mol. The first-order valence-electron chi connectivity index (χ1n) is 6.41. The fraction of sp³-hybridized carbons (Fsp3) is 0.267. The molecule has 0 aliphatic rings. The van der Waals surface area contributed by atoms with E-state index in [-0.39, 0.29) is 5.91 Å². The van der Waals surface area contributed by atoms with Gasteiger partial charge < -0.3 is 5.32 Å². The first kappa shape index (κ1) is 13.8. The highest BCUT2D eigenvalue weighted by atomic mass is 16.1. The molecule has 1 amide bonds. The maximum Gasteiger partial charge on any atom is 0.241 e. The van der Waals surface area contributed by atoms with Crippen molar-refractivity contribution in [2.75, 3.05) is 6.54 Å². The molecule has 0 aliphatic carbocycles. The van der Waals surface area contributed by atoms with Crippen LogP contribution in [0.4, 0.5) is 0 Å². The minimum Gasteiger partial charge on any atom is -0.354 e. The summed E-state index contributed by atoms with van der Waals surface area (Å²) in [7, 11) is 1.86. The van der Waals surface area contributed by atoms with Crippen LogP contribution in [0.5, 0.6) is 0 Å². The number of rotatable bonds is 5. The summed E-state index contributed by atoms with van der Waals surface area (Å²) >= 11 is 0. The minimum atomic E-state index is -0.761. The molecule has 0 aliphatic heterocycles. The normalized spacial score (nSPS) is 11.6. The number of nitrogens with zero attached hydrogens (tertiary/aromatic N) is 3. The van der Waals surface area contributed by atoms with Gasteiger partial charge >= 0.3 is 0 Å². The standard InChI is InChI=1S/C15H16N4O/c1-19-13(8-10-18-19)7-9-17-15(20)14(11-16)12-5-3-2-4-6-12/h2-6,8,10,14H,7,9H2,1H3,(H,17,20). The number of benzene rings is 1. The fourth-order valence-corrected chi connectivity index (χ4v) is 1.99. The zero-order valence-corrected chi connectivity index (χ0v) is 11.3. The second kappa shape index (κ2) is 6.53. The quantitative estimate of drug-likeness (QED) is 0.890. The number of aryl methyl sites for hydroxylation is 1. The van der Waals surface area contributed by atoms with Gasteiger partial charge in [0.15, 0.2) is 0 Å². The molecule has 1 aromatic carbocycles. The van der Waals surface area contributed by atoms with Gasteiger partial charge in [0.1, 0.15) is 5.92 Å². The van der Waals surface area contributed by atoms with Crippen LogP contribution in [-0.4, -0.2) is 22.2 Å². The van der Waals surface area contributed by atoms with Crippen LogP contribution < -0.4 is 5.32 Å². The van der Waals surface area contributed by atoms with E-state index in [9.17, 15) is 4.79 Å². The van der Waals surface area contributed by atoms with Gasteiger partial charge in [-0.15, -0.1) is 0 Å². The van der Waals surface area contributed by atoms with Gasteiger partial charge in [-0.2, -0.15) is 10.4 Å². The summed E-state index contributed by atoms with van der Waals surface area (Å²) in [6.07, 6.45) is 2.41. The molecule has 1 heterocycles. The second-order valence-electron chi connectivity index (χ2n) is 4.46. The molecule has 0 spiro atoms. The maximum atomic E-state index is 12.0. The molecule has 2 aromatic rings. The summed E-state index contributed by atoms with van der Waals surface area (Å²) in [5.74, 6) is -1.02. The van der Waals surface area contributed by atoms with Gasteiger partial charge in [0.05, 0.1) is 6.07 Å². The van der Waals surface area contributed by atoms with Crippen LogP contribution in [0.3, 0.4) is 0 Å². The van der Waals surface area contributed by atoms with E-state index < -0.39 is 5.92 Å². The van der Waals surface area contributed by atoms with Crippen molar-refractivity contribution >= 4 is 5.91 Å². The first-order chi connectivity index (χ1) is 9.72. The molecule has 0 fully saturated rings. The lowest BCUT2D eigenvalue weighted by Crippen LogP contribution is -2.30. The molecule has 2 rings (SSSR count). The van der Waals surface area contributed by atoms with E-state index in [0.717, 1.165) is 5.69 Å². The molecule has 0 radical (unpaired) electrons. The second-order valence-corrected chi connectivity index (χ2v) is 4.46. The summed E-state index contributed by atoms with van der Waals surface area (Å²) < 4.78 is 1.77. The Balaban J connectivity index is 1.91. The molecule has 5 heteroatoms. The summed E-state index contributed by atoms with van der Waals surface area (Å²) in [6, 6.07) is 13.0. The van der Waals surface area contributed by atoms with Crippen molar-refractivity contribution in [2.24, 2.45) is 7.05 Å². The minimum absolute atomic E-state index is 0.263. The van der Waals surface area contributed by atoms with Crippen LogP contribution in [0.1, 0.15) is 17.2 Å². The van der Waals surface area contributed by atoms with Crippen LogP contribution in [0.25, 0.3) is 0 Å². The summed E-state index contributed by atoms with van der Waals surface area (Å²) in [6.45, 7) is 0.489. The maximum absolute atomic E-state index is 12.0. The van der Waals surface area contributed by atoms with Crippen molar-refractivity contribution in [1.29, 1.82) is 5.26 Å². The molecule has 0 saturated heterocycles. The number of hydrogen-bond acceptors (Lipinski definition) is 3. The Morgan fingerprint density at radius 2 is 2.15 bits per heavy atom. The Kier molecular flexibility index (Phi) is 4.51. The molecular formula is C15H16N4O. The van der Waals surface area contributed by atoms with Crippen LogP contribution in [-0.2, 0) is 18.3 Å². The van der Waals surface area contributed by atoms with Gasteiger partial charge in [-0.1, -0.05) is 30.3 Å². The highest BCUT2D eigenvalue weighted by Gasteiger charge is 2.19. The van der Waals surface area contributed by atoms with Crippen molar-refractivity contribution in [3.8, 4) is 6.07 Å². The van der Waals surface area contributed by atoms with E-state index in [1.165, 1.54) is 0 Å². The zero-order chi connectivity index (χ0) is 14.4. The van der Waals surface area contributed by atoms with E-state index >= 15 is 0 Å². The number of carbonyl (C=O) groups is 1. The SMILES string of the molecule is Cn1nccc1CCNC(=O)C(C#N)c1ccccc1. The topological polar surface area (TPSA) is 70.7 Å². The number of aromatic nitrogens is 2. The lowest BCUT2D eigenvalue weighted by Gasteiger charge is -2.10. The van der Waals surface area contributed by atoms with Gasteiger partial charge in [-0.05, 0) is 11.6 Å². The van der Waals surface area contributed by atoms with Gasteiger partial charge in [0.2, 0.25) is 5.91 Å². The average molecular weight is 268 g/mol. The monoisotopic (exact) mass is 268 g/mol. The molecule has 1 aromatic heterocycles. The van der Waals surface area contributed by atoms with E-state index in [1.807, 2.05) is 37.4 Å². The Hall–Kier alpha value is -2.61. The van der Waals surface area contributed by atoms with Crippen LogP contribution in [0.15, 0.2) is 42.6 Å². The predicted octanol–water partition coefficient (Wildman–Crippen LogP) is 1.39. The molecule has 1 atom stereocenters. The van der Waals surface area contributed by atoms with E-state index in [4.69, 9.17) is 5.26 Å². The number of amides is 1. The summed E-state index contributed by atoms with van der Waals surface area (Å²) in [4.78, 5) is 12.0. The van der Waals surface area contributed by atoms with Gasteiger partial charge in [0.25, 0.3) is 0 Å². The van der Waals surface area contributed by atoms with Gasteiger partial charge in [-0.25, -0.2) is 0 Å². The smallest absolute Gasteiger partial charge is 0.241 e. The number of carbonyl (C=O) groups excluding carboxylic acids is 1. The van der Waals surface area contributed by atoms with Gasteiger partial charge in [-0.3, -0.25) is 9.48 Å². The average Bonchev–Trinajstić information content (AvgIpc) is 2.86. The Morgan fingerprint density at radius 3 is 2.75 bits per heavy atom. The molecule has 20 heavy (non-hydrogen) atoms. The van der Waals surface area contributed by atoms with Crippen molar-refractivity contribution in [3.63, 3.8) is 0 Å². The van der Waals surface area contributed by atoms with Crippen LogP contribution in [0.2, 0.25) is 0 Å². The third-order valence-corrected chi connectivity index (χ3v) is 3.13. The lowest BCUT2D eigenvalue weighted by molar-refractivity contribution is -0.121. The fourth-order valence-electron chi connectivity index (χ4n) is 1.99. The number of hydrogen-bond donors (Lipinski definition) is 1. The van der Waals surface area contributed by atoms with E-state index in [1.54, 1.807) is 23.0 Å². The Labute approximate surface area is 117 Å². The summed E-state index contributed by atoms with van der Waals surface area (Å²) in [5.41, 5.74) is 1.76. The molecule has 0 bridgehead atoms. The summed E-state index contributed by atoms with van der Waals surface area (Å²) in [5, 5.41) is 16.0. The highest BCUT2D eigenvalue weighted by molar-refractivity contribution is 5.86. The molecule has 5 nitrogen and oxygen atoms in total. The zero-order valence-electron chi connectivity index (χ0n) is 11.3. The van der Waals surface area contributed by atoms with Crippen molar-refractivity contribution in [3.05, 3.63) is 53.9 Å². The molecule has 1 unspecified atom stereocenters. The lowest BCUT2D eigenvalue weighted by atomic mass is 10.00. The third kappa shape index (κ3) is 3.23. The van der Waals surface area contributed by atoms with Crippen molar-refractivity contribution in [2.45, 2.75) is 12.3 Å².